The molecule has 1 fully saturated rings. The van der Waals surface area contributed by atoms with Crippen molar-refractivity contribution in [2.45, 2.75) is 12.1 Å². The molecule has 2 aromatic rings. The van der Waals surface area contributed by atoms with Crippen LogP contribution < -0.4 is 16.2 Å². The molecule has 0 aliphatic carbocycles. The molecule has 0 saturated carbocycles. The van der Waals surface area contributed by atoms with Gasteiger partial charge in [0.15, 0.2) is 0 Å². The molecule has 0 bridgehead atoms. The molecule has 5 nitrogen and oxygen atoms in total. The zero-order valence-corrected chi connectivity index (χ0v) is 12.6. The van der Waals surface area contributed by atoms with Gasteiger partial charge in [0.1, 0.15) is 11.9 Å². The average Bonchev–Trinajstić information content (AvgIpc) is 2.90. The maximum Gasteiger partial charge on any atom is 0.258 e. The average molecular weight is 334 g/mol. The number of rotatable bonds is 3. The van der Waals surface area contributed by atoms with Gasteiger partial charge in [-0.3, -0.25) is 15.0 Å². The van der Waals surface area contributed by atoms with Gasteiger partial charge in [0.2, 0.25) is 0 Å². The molecule has 1 heterocycles. The Morgan fingerprint density at radius 2 is 1.74 bits per heavy atom. The Bertz CT molecular complexity index is 734. The van der Waals surface area contributed by atoms with Crippen molar-refractivity contribution in [1.29, 1.82) is 0 Å². The molecule has 0 unspecified atom stereocenters. The lowest BCUT2D eigenvalue weighted by Crippen LogP contribution is -2.42. The predicted molar refractivity (Wildman–Crippen MR) is 83.1 cm³/mol. The van der Waals surface area contributed by atoms with Crippen LogP contribution in [0.2, 0.25) is 5.02 Å². The lowest BCUT2D eigenvalue weighted by molar-refractivity contribution is -0.121. The molecule has 0 spiro atoms. The van der Waals surface area contributed by atoms with Gasteiger partial charge >= 0.3 is 0 Å². The molecule has 2 aromatic carbocycles. The molecule has 1 aliphatic heterocycles. The minimum Gasteiger partial charge on any atom is -0.338 e. The van der Waals surface area contributed by atoms with Crippen LogP contribution in [-0.2, 0) is 4.79 Å². The standard InChI is InChI=1S/C16H13ClFN3O2/c17-11-5-1-9(2-6-11)13-14(16(23)21-20-13)19-15(22)10-3-7-12(18)8-4-10/h1-8,13-14,20H,(H,19,22)(H,21,23)/t13-,14-/m0/s1. The normalized spacial score (nSPS) is 20.2. The summed E-state index contributed by atoms with van der Waals surface area (Å²) in [5, 5.41) is 3.24. The molecular weight excluding hydrogens is 321 g/mol. The summed E-state index contributed by atoms with van der Waals surface area (Å²) in [5.74, 6) is -1.23. The van der Waals surface area contributed by atoms with E-state index in [1.165, 1.54) is 24.3 Å². The van der Waals surface area contributed by atoms with Crippen LogP contribution in [0.1, 0.15) is 22.0 Å². The SMILES string of the molecule is O=C(N[C@@H]1C(=O)NN[C@H]1c1ccc(Cl)cc1)c1ccc(F)cc1. The molecule has 3 rings (SSSR count). The highest BCUT2D eigenvalue weighted by Crippen LogP contribution is 2.22. The molecule has 1 saturated heterocycles. The maximum absolute atomic E-state index is 12.9. The number of hydrogen-bond acceptors (Lipinski definition) is 3. The first-order chi connectivity index (χ1) is 11.0. The fraction of sp³-hybridized carbons (Fsp3) is 0.125. The van der Waals surface area contributed by atoms with Gasteiger partial charge < -0.3 is 5.32 Å². The lowest BCUT2D eigenvalue weighted by atomic mass is 10.0. The van der Waals surface area contributed by atoms with E-state index in [9.17, 15) is 14.0 Å². The first-order valence-corrected chi connectivity index (χ1v) is 7.29. The second-order valence-corrected chi connectivity index (χ2v) is 5.56. The second-order valence-electron chi connectivity index (χ2n) is 5.12. The number of carbonyl (C=O) groups excluding carboxylic acids is 2. The number of amides is 2. The van der Waals surface area contributed by atoms with Crippen LogP contribution in [0.3, 0.4) is 0 Å². The molecule has 23 heavy (non-hydrogen) atoms. The topological polar surface area (TPSA) is 70.2 Å². The largest absolute Gasteiger partial charge is 0.338 e. The van der Waals surface area contributed by atoms with Crippen molar-refractivity contribution in [2.75, 3.05) is 0 Å². The Balaban J connectivity index is 1.78. The minimum absolute atomic E-state index is 0.279. The van der Waals surface area contributed by atoms with E-state index in [2.05, 4.69) is 16.2 Å². The van der Waals surface area contributed by atoms with Crippen molar-refractivity contribution in [1.82, 2.24) is 16.2 Å². The van der Waals surface area contributed by atoms with Crippen LogP contribution >= 0.6 is 11.6 Å². The molecule has 0 radical (unpaired) electrons. The Morgan fingerprint density at radius 1 is 1.09 bits per heavy atom. The van der Waals surface area contributed by atoms with Crippen LogP contribution in [0.5, 0.6) is 0 Å². The highest BCUT2D eigenvalue weighted by Gasteiger charge is 2.36. The van der Waals surface area contributed by atoms with Crippen molar-refractivity contribution in [3.63, 3.8) is 0 Å². The van der Waals surface area contributed by atoms with Crippen molar-refractivity contribution in [3.8, 4) is 0 Å². The summed E-state index contributed by atoms with van der Waals surface area (Å²) >= 11 is 5.86. The van der Waals surface area contributed by atoms with E-state index in [4.69, 9.17) is 11.6 Å². The number of benzene rings is 2. The molecule has 1 aliphatic rings. The molecule has 7 heteroatoms. The number of hydrazine groups is 1. The Labute approximate surface area is 136 Å². The molecule has 3 N–H and O–H groups in total. The summed E-state index contributed by atoms with van der Waals surface area (Å²) in [5.41, 5.74) is 6.42. The van der Waals surface area contributed by atoms with Gasteiger partial charge in [-0.05, 0) is 42.0 Å². The fourth-order valence-corrected chi connectivity index (χ4v) is 2.51. The zero-order valence-electron chi connectivity index (χ0n) is 11.8. The first kappa shape index (κ1) is 15.5. The van der Waals surface area contributed by atoms with Crippen LogP contribution in [0, 0.1) is 5.82 Å². The summed E-state index contributed by atoms with van der Waals surface area (Å²) in [7, 11) is 0. The molecule has 2 atom stereocenters. The van der Waals surface area contributed by atoms with Crippen molar-refractivity contribution in [2.24, 2.45) is 0 Å². The van der Waals surface area contributed by atoms with Crippen LogP contribution in [0.25, 0.3) is 0 Å². The van der Waals surface area contributed by atoms with Crippen LogP contribution in [0.15, 0.2) is 48.5 Å². The highest BCUT2D eigenvalue weighted by molar-refractivity contribution is 6.30. The van der Waals surface area contributed by atoms with E-state index in [0.29, 0.717) is 5.02 Å². The highest BCUT2D eigenvalue weighted by atomic mass is 35.5. The summed E-state index contributed by atoms with van der Waals surface area (Å²) in [6.07, 6.45) is 0. The van der Waals surface area contributed by atoms with E-state index in [0.717, 1.165) is 5.56 Å². The van der Waals surface area contributed by atoms with Crippen molar-refractivity contribution < 1.29 is 14.0 Å². The predicted octanol–water partition coefficient (Wildman–Crippen LogP) is 1.95. The maximum atomic E-state index is 12.9. The second kappa shape index (κ2) is 6.36. The lowest BCUT2D eigenvalue weighted by Gasteiger charge is -2.18. The number of nitrogens with one attached hydrogen (secondary N) is 3. The van der Waals surface area contributed by atoms with E-state index in [1.54, 1.807) is 24.3 Å². The van der Waals surface area contributed by atoms with E-state index >= 15 is 0 Å². The van der Waals surface area contributed by atoms with Crippen molar-refractivity contribution in [3.05, 3.63) is 70.5 Å². The number of carbonyl (C=O) groups is 2. The van der Waals surface area contributed by atoms with Crippen molar-refractivity contribution >= 4 is 23.4 Å². The third-order valence-electron chi connectivity index (χ3n) is 3.59. The molecule has 0 aromatic heterocycles. The summed E-state index contributed by atoms with van der Waals surface area (Å²) < 4.78 is 12.9. The minimum atomic E-state index is -0.784. The van der Waals surface area contributed by atoms with Gasteiger partial charge in [0.05, 0.1) is 6.04 Å². The first-order valence-electron chi connectivity index (χ1n) is 6.92. The van der Waals surface area contributed by atoms with E-state index in [-0.39, 0.29) is 11.5 Å². The number of halogens is 2. The van der Waals surface area contributed by atoms with E-state index < -0.39 is 23.8 Å². The third-order valence-corrected chi connectivity index (χ3v) is 3.84. The summed E-state index contributed by atoms with van der Waals surface area (Å²) in [6.45, 7) is 0. The van der Waals surface area contributed by atoms with Crippen LogP contribution in [0.4, 0.5) is 4.39 Å². The number of hydrogen-bond donors (Lipinski definition) is 3. The van der Waals surface area contributed by atoms with Gasteiger partial charge in [-0.25, -0.2) is 9.82 Å². The van der Waals surface area contributed by atoms with Gasteiger partial charge in [-0.1, -0.05) is 23.7 Å². The third kappa shape index (κ3) is 3.33. The Morgan fingerprint density at radius 3 is 2.39 bits per heavy atom. The van der Waals surface area contributed by atoms with Gasteiger partial charge in [0, 0.05) is 10.6 Å². The van der Waals surface area contributed by atoms with E-state index in [1.807, 2.05) is 0 Å². The molecule has 2 amide bonds. The fourth-order valence-electron chi connectivity index (χ4n) is 2.38. The van der Waals surface area contributed by atoms with Crippen LogP contribution in [-0.4, -0.2) is 17.9 Å². The molecule has 118 valence electrons. The smallest absolute Gasteiger partial charge is 0.258 e. The zero-order chi connectivity index (χ0) is 16.4. The monoisotopic (exact) mass is 333 g/mol. The van der Waals surface area contributed by atoms with Gasteiger partial charge in [0.25, 0.3) is 11.8 Å². The Kier molecular flexibility index (Phi) is 4.27. The summed E-state index contributed by atoms with van der Waals surface area (Å²) in [6, 6.07) is 10.9. The molecular formula is C16H13ClFN3O2. The summed E-state index contributed by atoms with van der Waals surface area (Å²) in [4.78, 5) is 24.2. The quantitative estimate of drug-likeness (QED) is 0.804. The van der Waals surface area contributed by atoms with Gasteiger partial charge in [-0.15, -0.1) is 0 Å². The Hall–Kier alpha value is -2.44. The van der Waals surface area contributed by atoms with Gasteiger partial charge in [-0.2, -0.15) is 0 Å².